The molecule has 158 valence electrons. The van der Waals surface area contributed by atoms with Gasteiger partial charge in [-0.15, -0.1) is 0 Å². The Bertz CT molecular complexity index is 1130. The van der Waals surface area contributed by atoms with Gasteiger partial charge in [-0.05, 0) is 59.7 Å². The molecule has 3 rings (SSSR count). The van der Waals surface area contributed by atoms with E-state index in [4.69, 9.17) is 14.6 Å². The van der Waals surface area contributed by atoms with E-state index in [1.165, 1.54) is 31.5 Å². The third-order valence-corrected chi connectivity index (χ3v) is 4.24. The van der Waals surface area contributed by atoms with E-state index in [9.17, 15) is 14.7 Å². The number of carbonyl (C=O) groups excluding carboxylic acids is 1. The predicted octanol–water partition coefficient (Wildman–Crippen LogP) is 3.44. The first-order valence-corrected chi connectivity index (χ1v) is 9.22. The van der Waals surface area contributed by atoms with Crippen LogP contribution in [0.25, 0.3) is 0 Å². The van der Waals surface area contributed by atoms with Crippen molar-refractivity contribution in [2.45, 2.75) is 6.61 Å². The van der Waals surface area contributed by atoms with Crippen LogP contribution in [0.2, 0.25) is 0 Å². The molecule has 0 fully saturated rings. The highest BCUT2D eigenvalue weighted by atomic mass is 16.5. The van der Waals surface area contributed by atoms with Crippen LogP contribution < -0.4 is 14.9 Å². The molecular formula is C23H20N2O6. The van der Waals surface area contributed by atoms with E-state index in [1.807, 2.05) is 0 Å². The minimum atomic E-state index is -1.00. The quantitative estimate of drug-likeness (QED) is 0.380. The summed E-state index contributed by atoms with van der Waals surface area (Å²) in [6.07, 6.45) is 1.45. The number of carbonyl (C=O) groups is 2. The zero-order chi connectivity index (χ0) is 22.2. The van der Waals surface area contributed by atoms with E-state index in [1.54, 1.807) is 48.5 Å². The van der Waals surface area contributed by atoms with Crippen LogP contribution in [0.5, 0.6) is 17.2 Å². The predicted molar refractivity (Wildman–Crippen MR) is 114 cm³/mol. The van der Waals surface area contributed by atoms with Gasteiger partial charge in [0, 0.05) is 5.56 Å². The van der Waals surface area contributed by atoms with Crippen molar-refractivity contribution in [3.63, 3.8) is 0 Å². The number of hydrogen-bond acceptors (Lipinski definition) is 6. The van der Waals surface area contributed by atoms with E-state index in [0.717, 1.165) is 0 Å². The SMILES string of the molecule is COc1cc(/C=N/NC(=O)c2cccc(O)c2)ccc1OCc1cccc(C(=O)O)c1. The number of ether oxygens (including phenoxy) is 2. The summed E-state index contributed by atoms with van der Waals surface area (Å²) >= 11 is 0. The summed E-state index contributed by atoms with van der Waals surface area (Å²) in [4.78, 5) is 23.1. The van der Waals surface area contributed by atoms with Gasteiger partial charge in [-0.2, -0.15) is 5.10 Å². The smallest absolute Gasteiger partial charge is 0.335 e. The van der Waals surface area contributed by atoms with E-state index < -0.39 is 11.9 Å². The molecule has 0 aliphatic heterocycles. The van der Waals surface area contributed by atoms with Gasteiger partial charge in [0.1, 0.15) is 12.4 Å². The molecule has 0 unspecified atom stereocenters. The molecule has 0 saturated heterocycles. The summed E-state index contributed by atoms with van der Waals surface area (Å²) in [5.41, 5.74) is 4.23. The van der Waals surface area contributed by atoms with Crippen molar-refractivity contribution in [3.05, 3.63) is 89.0 Å². The van der Waals surface area contributed by atoms with Crippen LogP contribution in [0.3, 0.4) is 0 Å². The molecule has 3 aromatic carbocycles. The Labute approximate surface area is 178 Å². The number of phenols is 1. The average Bonchev–Trinajstić information content (AvgIpc) is 2.78. The molecule has 0 heterocycles. The van der Waals surface area contributed by atoms with Crippen molar-refractivity contribution in [1.29, 1.82) is 0 Å². The lowest BCUT2D eigenvalue weighted by atomic mass is 10.1. The van der Waals surface area contributed by atoms with Gasteiger partial charge < -0.3 is 19.7 Å². The number of benzene rings is 3. The first-order valence-electron chi connectivity index (χ1n) is 9.22. The molecule has 0 saturated carbocycles. The Hall–Kier alpha value is -4.33. The van der Waals surface area contributed by atoms with Crippen molar-refractivity contribution < 1.29 is 29.3 Å². The number of hydrazone groups is 1. The van der Waals surface area contributed by atoms with Gasteiger partial charge in [-0.3, -0.25) is 4.79 Å². The Kier molecular flexibility index (Phi) is 6.85. The monoisotopic (exact) mass is 420 g/mol. The third-order valence-electron chi connectivity index (χ3n) is 4.24. The highest BCUT2D eigenvalue weighted by molar-refractivity contribution is 5.95. The van der Waals surface area contributed by atoms with Crippen LogP contribution >= 0.6 is 0 Å². The number of rotatable bonds is 8. The van der Waals surface area contributed by atoms with Crippen LogP contribution in [0.4, 0.5) is 0 Å². The maximum Gasteiger partial charge on any atom is 0.335 e. The number of carboxylic acids is 1. The van der Waals surface area contributed by atoms with E-state index in [0.29, 0.717) is 22.6 Å². The molecule has 8 heteroatoms. The van der Waals surface area contributed by atoms with Crippen molar-refractivity contribution >= 4 is 18.1 Å². The molecule has 0 spiro atoms. The fourth-order valence-corrected chi connectivity index (χ4v) is 2.72. The second kappa shape index (κ2) is 9.93. The van der Waals surface area contributed by atoms with Gasteiger partial charge in [0.05, 0.1) is 18.9 Å². The van der Waals surface area contributed by atoms with Crippen molar-refractivity contribution in [2.75, 3.05) is 7.11 Å². The van der Waals surface area contributed by atoms with Gasteiger partial charge in [0.2, 0.25) is 0 Å². The van der Waals surface area contributed by atoms with E-state index in [2.05, 4.69) is 10.5 Å². The van der Waals surface area contributed by atoms with Crippen molar-refractivity contribution in [3.8, 4) is 17.2 Å². The number of nitrogens with one attached hydrogen (secondary N) is 1. The highest BCUT2D eigenvalue weighted by Crippen LogP contribution is 2.28. The second-order valence-corrected chi connectivity index (χ2v) is 6.45. The maximum absolute atomic E-state index is 12.0. The molecule has 0 atom stereocenters. The molecular weight excluding hydrogens is 400 g/mol. The van der Waals surface area contributed by atoms with Crippen LogP contribution in [0, 0.1) is 0 Å². The van der Waals surface area contributed by atoms with Gasteiger partial charge in [-0.1, -0.05) is 18.2 Å². The molecule has 0 aliphatic carbocycles. The Morgan fingerprint density at radius 3 is 2.52 bits per heavy atom. The van der Waals surface area contributed by atoms with Crippen molar-refractivity contribution in [2.24, 2.45) is 5.10 Å². The first-order chi connectivity index (χ1) is 15.0. The minimum absolute atomic E-state index is 0.00774. The summed E-state index contributed by atoms with van der Waals surface area (Å²) in [5, 5.41) is 22.4. The van der Waals surface area contributed by atoms with E-state index in [-0.39, 0.29) is 23.5 Å². The van der Waals surface area contributed by atoms with Gasteiger partial charge >= 0.3 is 5.97 Å². The fraction of sp³-hybridized carbons (Fsp3) is 0.0870. The molecule has 8 nitrogen and oxygen atoms in total. The van der Waals surface area contributed by atoms with Crippen molar-refractivity contribution in [1.82, 2.24) is 5.43 Å². The summed E-state index contributed by atoms with van der Waals surface area (Å²) in [6.45, 7) is 0.172. The second-order valence-electron chi connectivity index (χ2n) is 6.45. The first kappa shape index (κ1) is 21.4. The standard InChI is InChI=1S/C23H20N2O6/c1-30-21-11-15(13-24-25-22(27)17-5-3-7-19(26)12-17)8-9-20(21)31-14-16-4-2-6-18(10-16)23(28)29/h2-13,26H,14H2,1H3,(H,25,27)(H,28,29)/b24-13+. The lowest BCUT2D eigenvalue weighted by molar-refractivity contribution is 0.0696. The Balaban J connectivity index is 1.64. The third kappa shape index (κ3) is 5.83. The number of phenolic OH excluding ortho intramolecular Hbond substituents is 1. The zero-order valence-corrected chi connectivity index (χ0v) is 16.6. The molecule has 0 radical (unpaired) electrons. The number of aromatic hydroxyl groups is 1. The topological polar surface area (TPSA) is 117 Å². The summed E-state index contributed by atoms with van der Waals surface area (Å²) in [7, 11) is 1.50. The van der Waals surface area contributed by atoms with Crippen LogP contribution in [0.1, 0.15) is 31.8 Å². The number of amides is 1. The lowest BCUT2D eigenvalue weighted by Crippen LogP contribution is -2.17. The molecule has 0 aliphatic rings. The van der Waals surface area contributed by atoms with Crippen LogP contribution in [-0.2, 0) is 6.61 Å². The molecule has 3 aromatic rings. The zero-order valence-electron chi connectivity index (χ0n) is 16.6. The summed E-state index contributed by atoms with van der Waals surface area (Å²) < 4.78 is 11.1. The largest absolute Gasteiger partial charge is 0.508 e. The summed E-state index contributed by atoms with van der Waals surface area (Å²) in [6, 6.07) is 17.5. The van der Waals surface area contributed by atoms with Gasteiger partial charge in [0.15, 0.2) is 11.5 Å². The average molecular weight is 420 g/mol. The van der Waals surface area contributed by atoms with Gasteiger partial charge in [-0.25, -0.2) is 10.2 Å². The number of methoxy groups -OCH3 is 1. The normalized spacial score (nSPS) is 10.6. The fourth-order valence-electron chi connectivity index (χ4n) is 2.72. The highest BCUT2D eigenvalue weighted by Gasteiger charge is 2.08. The molecule has 31 heavy (non-hydrogen) atoms. The van der Waals surface area contributed by atoms with Crippen LogP contribution in [0.15, 0.2) is 71.8 Å². The number of aromatic carboxylic acids is 1. The lowest BCUT2D eigenvalue weighted by Gasteiger charge is -2.11. The Morgan fingerprint density at radius 1 is 1.00 bits per heavy atom. The Morgan fingerprint density at radius 2 is 1.77 bits per heavy atom. The number of nitrogens with zero attached hydrogens (tertiary/aromatic N) is 1. The summed E-state index contributed by atoms with van der Waals surface area (Å²) in [5.74, 6) is -0.532. The maximum atomic E-state index is 12.0. The van der Waals surface area contributed by atoms with Gasteiger partial charge in [0.25, 0.3) is 5.91 Å². The van der Waals surface area contributed by atoms with Crippen LogP contribution in [-0.4, -0.2) is 35.4 Å². The molecule has 3 N–H and O–H groups in total. The minimum Gasteiger partial charge on any atom is -0.508 e. The van der Waals surface area contributed by atoms with E-state index >= 15 is 0 Å². The molecule has 0 aromatic heterocycles. The molecule has 1 amide bonds. The number of hydrogen-bond donors (Lipinski definition) is 3. The molecule has 0 bridgehead atoms. The number of carboxylic acid groups (broad SMARTS) is 1.